The molecule has 5 rings (SSSR count). The molecule has 0 unspecified atom stereocenters. The van der Waals surface area contributed by atoms with Crippen LogP contribution < -0.4 is 14.4 Å². The zero-order valence-electron chi connectivity index (χ0n) is 17.4. The summed E-state index contributed by atoms with van der Waals surface area (Å²) in [6, 6.07) is 13.1. The summed E-state index contributed by atoms with van der Waals surface area (Å²) >= 11 is 0. The van der Waals surface area contributed by atoms with Gasteiger partial charge in [-0.1, -0.05) is 12.1 Å². The monoisotopic (exact) mass is 418 g/mol. The second-order valence-electron chi connectivity index (χ2n) is 7.32. The fourth-order valence-corrected chi connectivity index (χ4v) is 4.00. The van der Waals surface area contributed by atoms with Crippen molar-refractivity contribution < 1.29 is 18.7 Å². The summed E-state index contributed by atoms with van der Waals surface area (Å²) in [5.74, 6) is 1.86. The molecule has 2 aromatic carbocycles. The number of piperazine rings is 1. The van der Waals surface area contributed by atoms with Gasteiger partial charge in [0.1, 0.15) is 28.9 Å². The minimum Gasteiger partial charge on any atom is -0.497 e. The Morgan fingerprint density at radius 2 is 1.81 bits per heavy atom. The molecule has 0 aliphatic carbocycles. The number of rotatable bonds is 4. The molecule has 3 heterocycles. The van der Waals surface area contributed by atoms with Crippen molar-refractivity contribution in [1.29, 1.82) is 0 Å². The molecule has 4 aromatic rings. The van der Waals surface area contributed by atoms with Gasteiger partial charge in [0.15, 0.2) is 11.4 Å². The number of anilines is 1. The molecule has 0 spiro atoms. The van der Waals surface area contributed by atoms with Gasteiger partial charge < -0.3 is 23.7 Å². The summed E-state index contributed by atoms with van der Waals surface area (Å²) < 4.78 is 16.7. The van der Waals surface area contributed by atoms with E-state index in [9.17, 15) is 4.79 Å². The molecule has 0 radical (unpaired) electrons. The van der Waals surface area contributed by atoms with E-state index in [4.69, 9.17) is 13.9 Å². The number of furan rings is 1. The lowest BCUT2D eigenvalue weighted by Crippen LogP contribution is -2.49. The first kappa shape index (κ1) is 19.2. The number of amides is 1. The number of benzene rings is 2. The van der Waals surface area contributed by atoms with Crippen molar-refractivity contribution in [2.45, 2.75) is 0 Å². The molecule has 0 bridgehead atoms. The number of hydrogen-bond donors (Lipinski definition) is 0. The molecular formula is C23H22N4O4. The van der Waals surface area contributed by atoms with Gasteiger partial charge in [0.05, 0.1) is 19.8 Å². The quantitative estimate of drug-likeness (QED) is 0.503. The van der Waals surface area contributed by atoms with Crippen LogP contribution in [0.25, 0.3) is 22.1 Å². The molecule has 0 N–H and O–H groups in total. The first-order valence-corrected chi connectivity index (χ1v) is 10.1. The van der Waals surface area contributed by atoms with Crippen LogP contribution in [-0.4, -0.2) is 61.2 Å². The lowest BCUT2D eigenvalue weighted by Gasteiger charge is -2.35. The van der Waals surface area contributed by atoms with Crippen LogP contribution in [0.4, 0.5) is 5.82 Å². The lowest BCUT2D eigenvalue weighted by molar-refractivity contribution is 0.0743. The summed E-state index contributed by atoms with van der Waals surface area (Å²) in [7, 11) is 3.14. The van der Waals surface area contributed by atoms with E-state index >= 15 is 0 Å². The first-order chi connectivity index (χ1) is 15.2. The normalized spacial score (nSPS) is 14.3. The second-order valence-corrected chi connectivity index (χ2v) is 7.32. The van der Waals surface area contributed by atoms with Crippen LogP contribution in [0, 0.1) is 0 Å². The summed E-state index contributed by atoms with van der Waals surface area (Å²) in [5, 5.41) is 0.974. The van der Waals surface area contributed by atoms with E-state index in [0.29, 0.717) is 48.8 Å². The maximum Gasteiger partial charge on any atom is 0.257 e. The number of aromatic nitrogens is 2. The van der Waals surface area contributed by atoms with Crippen LogP contribution in [-0.2, 0) is 0 Å². The Kier molecular flexibility index (Phi) is 4.82. The van der Waals surface area contributed by atoms with Gasteiger partial charge >= 0.3 is 0 Å². The van der Waals surface area contributed by atoms with Gasteiger partial charge in [-0.3, -0.25) is 4.79 Å². The number of carbonyl (C=O) groups excluding carboxylic acids is 1. The highest BCUT2D eigenvalue weighted by Crippen LogP contribution is 2.33. The Balaban J connectivity index is 1.37. The molecule has 1 aliphatic heterocycles. The summed E-state index contributed by atoms with van der Waals surface area (Å²) in [4.78, 5) is 26.0. The van der Waals surface area contributed by atoms with Crippen molar-refractivity contribution in [3.05, 3.63) is 54.4 Å². The zero-order chi connectivity index (χ0) is 21.4. The highest BCUT2D eigenvalue weighted by atomic mass is 16.5. The molecule has 8 nitrogen and oxygen atoms in total. The fourth-order valence-electron chi connectivity index (χ4n) is 4.00. The molecule has 1 fully saturated rings. The van der Waals surface area contributed by atoms with E-state index in [2.05, 4.69) is 14.9 Å². The van der Waals surface area contributed by atoms with Gasteiger partial charge in [-0.2, -0.15) is 0 Å². The molecule has 31 heavy (non-hydrogen) atoms. The van der Waals surface area contributed by atoms with Gasteiger partial charge in [-0.15, -0.1) is 0 Å². The minimum atomic E-state index is -0.0595. The minimum absolute atomic E-state index is 0.0595. The van der Waals surface area contributed by atoms with Crippen LogP contribution in [0.1, 0.15) is 10.4 Å². The molecule has 8 heteroatoms. The Labute approximate surface area is 179 Å². The van der Waals surface area contributed by atoms with Crippen LogP contribution >= 0.6 is 0 Å². The molecule has 1 amide bonds. The number of fused-ring (bicyclic) bond motifs is 3. The van der Waals surface area contributed by atoms with Crippen LogP contribution in [0.3, 0.4) is 0 Å². The Morgan fingerprint density at radius 1 is 1.00 bits per heavy atom. The molecule has 2 aromatic heterocycles. The summed E-state index contributed by atoms with van der Waals surface area (Å²) in [5.41, 5.74) is 2.81. The van der Waals surface area contributed by atoms with Gasteiger partial charge in [-0.05, 0) is 24.3 Å². The second kappa shape index (κ2) is 7.79. The van der Waals surface area contributed by atoms with E-state index in [1.54, 1.807) is 38.7 Å². The van der Waals surface area contributed by atoms with Crippen molar-refractivity contribution in [3.8, 4) is 11.5 Å². The van der Waals surface area contributed by atoms with Crippen LogP contribution in [0.5, 0.6) is 11.5 Å². The smallest absolute Gasteiger partial charge is 0.257 e. The van der Waals surface area contributed by atoms with Gasteiger partial charge in [0.2, 0.25) is 0 Å². The standard InChI is InChI=1S/C23H22N4O4/c1-29-15-7-8-17(19(13-15)30-2)23(28)27-11-9-26(10-12-27)22-21-20(24-14-25-22)16-5-3-4-6-18(16)31-21/h3-8,13-14H,9-12H2,1-2H3. The lowest BCUT2D eigenvalue weighted by atomic mass is 10.1. The van der Waals surface area contributed by atoms with Crippen molar-refractivity contribution in [2.75, 3.05) is 45.3 Å². The Bertz CT molecular complexity index is 1260. The van der Waals surface area contributed by atoms with Gasteiger partial charge in [-0.25, -0.2) is 9.97 Å². The van der Waals surface area contributed by atoms with Crippen molar-refractivity contribution >= 4 is 33.8 Å². The summed E-state index contributed by atoms with van der Waals surface area (Å²) in [6.07, 6.45) is 1.57. The predicted octanol–water partition coefficient (Wildman–Crippen LogP) is 3.36. The average molecular weight is 418 g/mol. The molecule has 158 valence electrons. The maximum absolute atomic E-state index is 13.1. The number of para-hydroxylation sites is 1. The third kappa shape index (κ3) is 3.30. The Hall–Kier alpha value is -3.81. The van der Waals surface area contributed by atoms with Crippen molar-refractivity contribution in [2.24, 2.45) is 0 Å². The van der Waals surface area contributed by atoms with E-state index in [1.165, 1.54) is 0 Å². The predicted molar refractivity (Wildman–Crippen MR) is 117 cm³/mol. The SMILES string of the molecule is COc1ccc(C(=O)N2CCN(c3ncnc4c3oc3ccccc34)CC2)c(OC)c1. The topological polar surface area (TPSA) is 80.9 Å². The van der Waals surface area contributed by atoms with Crippen molar-refractivity contribution in [3.63, 3.8) is 0 Å². The van der Waals surface area contributed by atoms with E-state index in [-0.39, 0.29) is 5.91 Å². The van der Waals surface area contributed by atoms with Gasteiger partial charge in [0.25, 0.3) is 5.91 Å². The molecule has 0 atom stereocenters. The zero-order valence-corrected chi connectivity index (χ0v) is 17.4. The van der Waals surface area contributed by atoms with Crippen LogP contribution in [0.2, 0.25) is 0 Å². The highest BCUT2D eigenvalue weighted by molar-refractivity contribution is 6.05. The largest absolute Gasteiger partial charge is 0.497 e. The number of ether oxygens (including phenoxy) is 2. The molecule has 1 saturated heterocycles. The molecule has 0 saturated carbocycles. The molecule has 1 aliphatic rings. The van der Waals surface area contributed by atoms with Crippen LogP contribution in [0.15, 0.2) is 53.2 Å². The van der Waals surface area contributed by atoms with Gasteiger partial charge in [0, 0.05) is 37.6 Å². The van der Waals surface area contributed by atoms with E-state index in [0.717, 1.165) is 22.3 Å². The van der Waals surface area contributed by atoms with E-state index in [1.807, 2.05) is 29.2 Å². The average Bonchev–Trinajstić information content (AvgIpc) is 3.22. The Morgan fingerprint density at radius 3 is 2.58 bits per heavy atom. The maximum atomic E-state index is 13.1. The number of carbonyl (C=O) groups is 1. The van der Waals surface area contributed by atoms with Crippen molar-refractivity contribution in [1.82, 2.24) is 14.9 Å². The number of methoxy groups -OCH3 is 2. The highest BCUT2D eigenvalue weighted by Gasteiger charge is 2.27. The third-order valence-corrected chi connectivity index (χ3v) is 5.64. The van der Waals surface area contributed by atoms with E-state index < -0.39 is 0 Å². The number of nitrogens with zero attached hydrogens (tertiary/aromatic N) is 4. The summed E-state index contributed by atoms with van der Waals surface area (Å²) in [6.45, 7) is 2.43. The number of hydrogen-bond acceptors (Lipinski definition) is 7. The molecular weight excluding hydrogens is 396 g/mol. The third-order valence-electron chi connectivity index (χ3n) is 5.64. The fraction of sp³-hybridized carbons (Fsp3) is 0.261. The first-order valence-electron chi connectivity index (χ1n) is 10.1.